The number of unbranched alkanes of at least 4 members (excludes halogenated alkanes) is 1. The lowest BCUT2D eigenvalue weighted by atomic mass is 9.33. The number of rotatable bonds is 3. The van der Waals surface area contributed by atoms with Gasteiger partial charge in [0, 0.05) is 27.6 Å². The van der Waals surface area contributed by atoms with Gasteiger partial charge >= 0.3 is 0 Å². The van der Waals surface area contributed by atoms with Crippen LogP contribution in [-0.2, 0) is 14.3 Å². The van der Waals surface area contributed by atoms with Crippen molar-refractivity contribution in [1.29, 1.82) is 5.26 Å². The Hall–Kier alpha value is -1.73. The van der Waals surface area contributed by atoms with Gasteiger partial charge in [0.15, 0.2) is 11.6 Å². The second kappa shape index (κ2) is 7.96. The van der Waals surface area contributed by atoms with Crippen molar-refractivity contribution in [3.8, 4) is 6.07 Å². The summed E-state index contributed by atoms with van der Waals surface area (Å²) in [5.74, 6) is 0.437. The molecule has 39 heavy (non-hydrogen) atoms. The first-order chi connectivity index (χ1) is 18.1. The minimum atomic E-state index is -0.787. The smallest absolute Gasteiger partial charge is 0.188 e. The lowest BCUT2D eigenvalue weighted by Gasteiger charge is -2.69. The molecule has 5 aliphatic carbocycles. The van der Waals surface area contributed by atoms with Crippen LogP contribution < -0.4 is 0 Å². The predicted octanol–water partition coefficient (Wildman–Crippen LogP) is 7.92. The first-order valence-electron chi connectivity index (χ1n) is 15.7. The van der Waals surface area contributed by atoms with E-state index in [9.17, 15) is 14.9 Å². The highest BCUT2D eigenvalue weighted by atomic mass is 16.5. The van der Waals surface area contributed by atoms with Crippen molar-refractivity contribution in [3.63, 3.8) is 0 Å². The molecule has 0 radical (unpaired) electrons. The average molecular weight is 532 g/mol. The standard InChI is InChI=1S/C35H49NO3/c1-9-10-11-27-34-16-14-29(2,3)20-25(34)35(39-27)26(37)18-24-31(6)19-22(21-36)28(38)30(4,5)23(31)12-13-32(24,7)33(35,8)15-17-34/h18-19,23,25,27H,9-17,20H2,1-8H3/t23-,25?,27?,31-,32+,33-,34-,35+/m0/s1. The fourth-order valence-electron chi connectivity index (χ4n) is 11.5. The van der Waals surface area contributed by atoms with Gasteiger partial charge in [-0.3, -0.25) is 9.59 Å². The average Bonchev–Trinajstić information content (AvgIpc) is 3.07. The van der Waals surface area contributed by atoms with Gasteiger partial charge in [-0.1, -0.05) is 74.3 Å². The Bertz CT molecular complexity index is 1250. The number of ketones is 2. The van der Waals surface area contributed by atoms with Gasteiger partial charge in [-0.15, -0.1) is 0 Å². The SMILES string of the molecule is CCCCC1O[C@]23C(=O)C=C4[C@@]5(C)C=C(C#N)C(=O)C(C)(C)[C@@H]5CC[C@@]4(C)[C@]2(C)CC[C@]12CCC(C)(C)CC23. The summed E-state index contributed by atoms with van der Waals surface area (Å²) in [6.07, 6.45) is 14.9. The van der Waals surface area contributed by atoms with Gasteiger partial charge in [-0.2, -0.15) is 5.26 Å². The molecule has 6 aliphatic rings. The molecule has 0 aromatic heterocycles. The van der Waals surface area contributed by atoms with Gasteiger partial charge in [0.05, 0.1) is 11.7 Å². The largest absolute Gasteiger partial charge is 0.362 e. The van der Waals surface area contributed by atoms with E-state index in [1.165, 1.54) is 12.8 Å². The number of Topliss-reactive ketones (excluding diaryl/α,β-unsaturated/α-hetero) is 1. The minimum absolute atomic E-state index is 0.0497. The molecule has 1 spiro atoms. The molecule has 6 rings (SSSR count). The summed E-state index contributed by atoms with van der Waals surface area (Å²) in [6.45, 7) is 18.1. The second-order valence-electron chi connectivity index (χ2n) is 16.3. The van der Waals surface area contributed by atoms with E-state index >= 15 is 0 Å². The van der Waals surface area contributed by atoms with Crippen LogP contribution in [0.4, 0.5) is 0 Å². The molecule has 2 bridgehead atoms. The van der Waals surface area contributed by atoms with Crippen LogP contribution in [0.25, 0.3) is 0 Å². The van der Waals surface area contributed by atoms with E-state index in [2.05, 4.69) is 47.6 Å². The van der Waals surface area contributed by atoms with Crippen molar-refractivity contribution in [3.05, 3.63) is 23.3 Å². The summed E-state index contributed by atoms with van der Waals surface area (Å²) in [6, 6.07) is 2.22. The Kier molecular flexibility index (Phi) is 5.60. The van der Waals surface area contributed by atoms with Crippen LogP contribution in [0, 0.1) is 55.7 Å². The third kappa shape index (κ3) is 2.99. The third-order valence-corrected chi connectivity index (χ3v) is 13.9. The molecular formula is C35H49NO3. The minimum Gasteiger partial charge on any atom is -0.362 e. The molecule has 4 fully saturated rings. The second-order valence-corrected chi connectivity index (χ2v) is 16.3. The summed E-state index contributed by atoms with van der Waals surface area (Å²) in [7, 11) is 0. The van der Waals surface area contributed by atoms with Gasteiger partial charge in [-0.05, 0) is 79.8 Å². The van der Waals surface area contributed by atoms with Crippen LogP contribution in [0.2, 0.25) is 0 Å². The quantitative estimate of drug-likeness (QED) is 0.371. The molecule has 8 atom stereocenters. The number of nitrogens with zero attached hydrogens (tertiary/aromatic N) is 1. The molecule has 0 aromatic carbocycles. The molecule has 0 N–H and O–H groups in total. The van der Waals surface area contributed by atoms with Crippen molar-refractivity contribution in [2.75, 3.05) is 0 Å². The summed E-state index contributed by atoms with van der Waals surface area (Å²) in [5, 5.41) is 9.97. The molecule has 0 aromatic rings. The van der Waals surface area contributed by atoms with Gasteiger partial charge in [0.25, 0.3) is 0 Å². The molecule has 4 heteroatoms. The lowest BCUT2D eigenvalue weighted by Crippen LogP contribution is -2.71. The van der Waals surface area contributed by atoms with Crippen LogP contribution in [0.1, 0.15) is 120 Å². The van der Waals surface area contributed by atoms with Crippen LogP contribution in [0.3, 0.4) is 0 Å². The Balaban J connectivity index is 1.57. The zero-order valence-corrected chi connectivity index (χ0v) is 25.6. The topological polar surface area (TPSA) is 67.2 Å². The number of carbonyl (C=O) groups is 2. The third-order valence-electron chi connectivity index (χ3n) is 13.9. The first kappa shape index (κ1) is 27.4. The maximum absolute atomic E-state index is 14.9. The highest BCUT2D eigenvalue weighted by molar-refractivity contribution is 6.05. The highest BCUT2D eigenvalue weighted by Gasteiger charge is 2.81. The van der Waals surface area contributed by atoms with Gasteiger partial charge in [0.2, 0.25) is 0 Å². The normalized spacial score (nSPS) is 49.1. The number of hydrogen-bond donors (Lipinski definition) is 0. The van der Waals surface area contributed by atoms with Crippen LogP contribution in [-0.4, -0.2) is 23.3 Å². The summed E-state index contributed by atoms with van der Waals surface area (Å²) < 4.78 is 7.39. The first-order valence-corrected chi connectivity index (χ1v) is 15.7. The maximum atomic E-state index is 14.9. The number of hydrogen-bond acceptors (Lipinski definition) is 4. The van der Waals surface area contributed by atoms with E-state index in [0.717, 1.165) is 56.9 Å². The van der Waals surface area contributed by atoms with Crippen LogP contribution >= 0.6 is 0 Å². The molecule has 1 saturated heterocycles. The molecule has 3 saturated carbocycles. The molecular weight excluding hydrogens is 482 g/mol. The fraction of sp³-hybridized carbons (Fsp3) is 0.800. The summed E-state index contributed by atoms with van der Waals surface area (Å²) in [4.78, 5) is 28.2. The van der Waals surface area contributed by atoms with Crippen molar-refractivity contribution in [1.82, 2.24) is 0 Å². The van der Waals surface area contributed by atoms with E-state index in [0.29, 0.717) is 0 Å². The molecule has 212 valence electrons. The van der Waals surface area contributed by atoms with E-state index in [1.54, 1.807) is 0 Å². The van der Waals surface area contributed by atoms with E-state index < -0.39 is 16.4 Å². The van der Waals surface area contributed by atoms with Crippen molar-refractivity contribution < 1.29 is 14.3 Å². The highest BCUT2D eigenvalue weighted by Crippen LogP contribution is 2.79. The Morgan fingerprint density at radius 2 is 1.67 bits per heavy atom. The zero-order valence-electron chi connectivity index (χ0n) is 25.6. The number of ether oxygens (including phenoxy) is 1. The van der Waals surface area contributed by atoms with E-state index in [1.807, 2.05) is 26.0 Å². The summed E-state index contributed by atoms with van der Waals surface area (Å²) in [5.41, 5.74) is -0.778. The Morgan fingerprint density at radius 1 is 0.974 bits per heavy atom. The Labute approximate surface area is 236 Å². The van der Waals surface area contributed by atoms with Gasteiger partial charge in [0.1, 0.15) is 11.7 Å². The van der Waals surface area contributed by atoms with E-state index in [-0.39, 0.29) is 56.7 Å². The van der Waals surface area contributed by atoms with E-state index in [4.69, 9.17) is 4.74 Å². The zero-order chi connectivity index (χ0) is 28.4. The maximum Gasteiger partial charge on any atom is 0.188 e. The number of nitriles is 1. The van der Waals surface area contributed by atoms with Crippen molar-refractivity contribution >= 4 is 11.6 Å². The monoisotopic (exact) mass is 531 g/mol. The summed E-state index contributed by atoms with van der Waals surface area (Å²) >= 11 is 0. The van der Waals surface area contributed by atoms with Gasteiger partial charge < -0.3 is 4.74 Å². The lowest BCUT2D eigenvalue weighted by molar-refractivity contribution is -0.208. The molecule has 1 aliphatic heterocycles. The van der Waals surface area contributed by atoms with Crippen LogP contribution in [0.5, 0.6) is 0 Å². The number of carbonyl (C=O) groups excluding carboxylic acids is 2. The molecule has 2 unspecified atom stereocenters. The van der Waals surface area contributed by atoms with Gasteiger partial charge in [-0.25, -0.2) is 0 Å². The molecule has 0 amide bonds. The molecule has 1 heterocycles. The van der Waals surface area contributed by atoms with Crippen molar-refractivity contribution in [2.24, 2.45) is 44.3 Å². The fourth-order valence-corrected chi connectivity index (χ4v) is 11.5. The predicted molar refractivity (Wildman–Crippen MR) is 153 cm³/mol. The number of allylic oxidation sites excluding steroid dienone is 3. The van der Waals surface area contributed by atoms with Crippen molar-refractivity contribution in [2.45, 2.75) is 131 Å². The van der Waals surface area contributed by atoms with Crippen LogP contribution in [0.15, 0.2) is 23.3 Å². The molecule has 4 nitrogen and oxygen atoms in total. The Morgan fingerprint density at radius 3 is 2.33 bits per heavy atom. The number of fused-ring (bicyclic) bond motifs is 4.